The Morgan fingerprint density at radius 3 is 2.24 bits per heavy atom. The number of esters is 1. The maximum absolute atomic E-state index is 13.1. The fourth-order valence-corrected chi connectivity index (χ4v) is 6.09. The summed E-state index contributed by atoms with van der Waals surface area (Å²) in [5.41, 5.74) is -1.41. The van der Waals surface area contributed by atoms with Crippen LogP contribution in [-0.4, -0.2) is 99.4 Å². The molecular weight excluding hydrogens is 478 g/mol. The van der Waals surface area contributed by atoms with Crippen LogP contribution in [0.2, 0.25) is 0 Å². The Bertz CT molecular complexity index is 720. The minimum Gasteiger partial charge on any atom is -0.462 e. The number of aliphatic hydroxyl groups excluding tert-OH is 3. The molecule has 9 nitrogen and oxygen atoms in total. The lowest BCUT2D eigenvalue weighted by molar-refractivity contribution is -0.289. The van der Waals surface area contributed by atoms with Crippen LogP contribution in [-0.2, 0) is 19.0 Å². The summed E-state index contributed by atoms with van der Waals surface area (Å²) in [6.45, 7) is 15.3. The fourth-order valence-electron chi connectivity index (χ4n) is 6.09. The van der Waals surface area contributed by atoms with Crippen molar-refractivity contribution in [1.29, 1.82) is 0 Å². The molecule has 0 bridgehead atoms. The average Bonchev–Trinajstić information content (AvgIpc) is 2.83. The van der Waals surface area contributed by atoms with E-state index in [2.05, 4.69) is 4.90 Å². The molecule has 0 spiro atoms. The maximum atomic E-state index is 13.1. The second kappa shape index (κ2) is 13.5. The van der Waals surface area contributed by atoms with E-state index in [1.54, 1.807) is 20.8 Å². The Morgan fingerprint density at radius 1 is 1.03 bits per heavy atom. The van der Waals surface area contributed by atoms with Gasteiger partial charge in [0.15, 0.2) is 6.29 Å². The molecule has 9 heteroatoms. The van der Waals surface area contributed by atoms with E-state index in [0.29, 0.717) is 32.2 Å². The van der Waals surface area contributed by atoms with Crippen molar-refractivity contribution in [3.63, 3.8) is 0 Å². The van der Waals surface area contributed by atoms with Crippen molar-refractivity contribution in [3.8, 4) is 0 Å². The van der Waals surface area contributed by atoms with Crippen LogP contribution in [0.3, 0.4) is 0 Å². The first-order valence-corrected chi connectivity index (χ1v) is 14.1. The zero-order valence-corrected chi connectivity index (χ0v) is 24.3. The van der Waals surface area contributed by atoms with Crippen LogP contribution in [0.15, 0.2) is 0 Å². The quantitative estimate of drug-likeness (QED) is 0.406. The second-order valence-electron chi connectivity index (χ2n) is 12.2. The van der Waals surface area contributed by atoms with Crippen molar-refractivity contribution in [2.45, 2.75) is 136 Å². The van der Waals surface area contributed by atoms with Crippen LogP contribution < -0.4 is 0 Å². The Hall–Kier alpha value is -0.810. The highest BCUT2D eigenvalue weighted by atomic mass is 16.7. The van der Waals surface area contributed by atoms with E-state index in [0.717, 1.165) is 0 Å². The lowest BCUT2D eigenvalue weighted by Crippen LogP contribution is -2.55. The number of nitrogens with zero attached hydrogens (tertiary/aromatic N) is 1. The summed E-state index contributed by atoms with van der Waals surface area (Å²) in [5, 5.41) is 44.7. The summed E-state index contributed by atoms with van der Waals surface area (Å²) in [7, 11) is 1.94. The van der Waals surface area contributed by atoms with E-state index in [1.807, 2.05) is 41.7 Å². The Morgan fingerprint density at radius 2 is 1.65 bits per heavy atom. The lowest BCUT2D eigenvalue weighted by atomic mass is 9.78. The maximum Gasteiger partial charge on any atom is 0.311 e. The van der Waals surface area contributed by atoms with Crippen molar-refractivity contribution in [2.75, 3.05) is 13.6 Å². The number of carbonyl (C=O) groups is 1. The molecule has 0 aliphatic carbocycles. The fraction of sp³-hybridized carbons (Fsp3) is 0.964. The highest BCUT2D eigenvalue weighted by Gasteiger charge is 2.46. The molecular formula is C28H53NO8. The van der Waals surface area contributed by atoms with Gasteiger partial charge in [0.05, 0.1) is 35.9 Å². The molecule has 37 heavy (non-hydrogen) atoms. The molecule has 0 amide bonds. The number of hydrogen-bond donors (Lipinski definition) is 4. The number of hydrogen-bond acceptors (Lipinski definition) is 9. The van der Waals surface area contributed by atoms with Gasteiger partial charge in [0.25, 0.3) is 0 Å². The topological polar surface area (TPSA) is 129 Å². The minimum atomic E-state index is -1.41. The Kier molecular flexibility index (Phi) is 11.8. The van der Waals surface area contributed by atoms with Gasteiger partial charge < -0.3 is 39.5 Å². The van der Waals surface area contributed by atoms with Gasteiger partial charge in [-0.3, -0.25) is 4.79 Å². The third-order valence-corrected chi connectivity index (χ3v) is 8.69. The molecule has 0 saturated carbocycles. The summed E-state index contributed by atoms with van der Waals surface area (Å²) < 4.78 is 18.0. The molecule has 2 fully saturated rings. The molecule has 0 radical (unpaired) electrons. The predicted octanol–water partition coefficient (Wildman–Crippen LogP) is 2.32. The van der Waals surface area contributed by atoms with Crippen LogP contribution in [0.25, 0.3) is 0 Å². The zero-order chi connectivity index (χ0) is 28.2. The number of cyclic esters (lactones) is 1. The molecule has 218 valence electrons. The predicted molar refractivity (Wildman–Crippen MR) is 141 cm³/mol. The van der Waals surface area contributed by atoms with E-state index in [4.69, 9.17) is 14.2 Å². The highest BCUT2D eigenvalue weighted by Crippen LogP contribution is 2.35. The van der Waals surface area contributed by atoms with Crippen molar-refractivity contribution in [3.05, 3.63) is 0 Å². The van der Waals surface area contributed by atoms with Crippen molar-refractivity contribution >= 4 is 5.97 Å². The van der Waals surface area contributed by atoms with Crippen LogP contribution in [0.4, 0.5) is 0 Å². The first-order chi connectivity index (χ1) is 17.1. The van der Waals surface area contributed by atoms with Gasteiger partial charge in [-0.1, -0.05) is 27.7 Å². The summed E-state index contributed by atoms with van der Waals surface area (Å²) in [6, 6.07) is -0.207. The van der Waals surface area contributed by atoms with E-state index in [-0.39, 0.29) is 24.0 Å². The average molecular weight is 532 g/mol. The molecule has 2 saturated heterocycles. The third-order valence-electron chi connectivity index (χ3n) is 8.69. The first-order valence-electron chi connectivity index (χ1n) is 14.1. The smallest absolute Gasteiger partial charge is 0.311 e. The van der Waals surface area contributed by atoms with Gasteiger partial charge in [-0.2, -0.15) is 0 Å². The van der Waals surface area contributed by atoms with Gasteiger partial charge in [0.2, 0.25) is 0 Å². The molecule has 2 rings (SSSR count). The van der Waals surface area contributed by atoms with Crippen LogP contribution in [0.5, 0.6) is 0 Å². The molecule has 0 unspecified atom stereocenters. The molecule has 4 N–H and O–H groups in total. The van der Waals surface area contributed by atoms with Gasteiger partial charge in [-0.15, -0.1) is 0 Å². The number of likely N-dealkylation sites (N-methyl/N-ethyl adjacent to an activating group) is 1. The summed E-state index contributed by atoms with van der Waals surface area (Å²) in [5.74, 6) is -2.43. The lowest BCUT2D eigenvalue weighted by Gasteiger charge is -2.44. The van der Waals surface area contributed by atoms with Crippen molar-refractivity contribution < 1.29 is 39.4 Å². The van der Waals surface area contributed by atoms with Gasteiger partial charge in [-0.25, -0.2) is 0 Å². The molecule has 0 aromatic heterocycles. The van der Waals surface area contributed by atoms with Crippen molar-refractivity contribution in [1.82, 2.24) is 4.90 Å². The zero-order valence-electron chi connectivity index (χ0n) is 24.3. The summed E-state index contributed by atoms with van der Waals surface area (Å²) >= 11 is 0. The molecule has 13 atom stereocenters. The van der Waals surface area contributed by atoms with E-state index in [1.165, 1.54) is 0 Å². The highest BCUT2D eigenvalue weighted by molar-refractivity contribution is 5.73. The molecule has 2 aliphatic rings. The van der Waals surface area contributed by atoms with Gasteiger partial charge in [0.1, 0.15) is 12.2 Å². The first kappa shape index (κ1) is 32.4. The largest absolute Gasteiger partial charge is 0.462 e. The minimum absolute atomic E-state index is 0.0129. The Labute approximate surface area is 223 Å². The number of rotatable bonds is 3. The van der Waals surface area contributed by atoms with Crippen LogP contribution >= 0.6 is 0 Å². The Balaban J connectivity index is 2.45. The van der Waals surface area contributed by atoms with Gasteiger partial charge >= 0.3 is 5.97 Å². The number of carbonyl (C=O) groups excluding carboxylic acids is 1. The van der Waals surface area contributed by atoms with Crippen molar-refractivity contribution in [2.24, 2.45) is 23.7 Å². The van der Waals surface area contributed by atoms with Crippen LogP contribution in [0.1, 0.15) is 81.1 Å². The summed E-state index contributed by atoms with van der Waals surface area (Å²) in [6.07, 6.45) is -3.17. The number of aliphatic hydroxyl groups is 4. The molecule has 0 aromatic rings. The second-order valence-corrected chi connectivity index (χ2v) is 12.2. The van der Waals surface area contributed by atoms with Crippen LogP contribution in [0, 0.1) is 23.7 Å². The number of ether oxygens (including phenoxy) is 3. The molecule has 2 heterocycles. The standard InChI is InChI=1S/C28H53NO8/c1-10-22-17(4)24(32)20(7)29(9)14-15(2)13-28(8,34)25(18(5)23(31)19(6)26(33)36-22)37-27-21(30)12-11-16(3)35-27/h15-25,27,30-32,34H,10-14H2,1-9H3/t15-,16-,17+,18+,19-,20-,21-,22-,23+,24+,25-,27+,28-/m1/s1. The molecule has 0 aromatic carbocycles. The summed E-state index contributed by atoms with van der Waals surface area (Å²) in [4.78, 5) is 15.2. The van der Waals surface area contributed by atoms with Gasteiger partial charge in [0, 0.05) is 24.4 Å². The molecule has 2 aliphatic heterocycles. The third kappa shape index (κ3) is 8.10. The SMILES string of the molecule is CC[C@H]1OC(=O)[C@H](C)[C@@H](O)[C@H](C)[C@@H](O[C@@H]2O[C@H](C)CC[C@H]2O)[C@](C)(O)C[C@@H](C)CN(C)[C@H](C)[C@@H](O)[C@H]1C. The monoisotopic (exact) mass is 531 g/mol. The van der Waals surface area contributed by atoms with E-state index >= 15 is 0 Å². The van der Waals surface area contributed by atoms with E-state index in [9.17, 15) is 25.2 Å². The van der Waals surface area contributed by atoms with E-state index < -0.39 is 60.2 Å². The normalized spacial score (nSPS) is 48.1. The van der Waals surface area contributed by atoms with Gasteiger partial charge in [-0.05, 0) is 66.3 Å².